The van der Waals surface area contributed by atoms with E-state index in [9.17, 15) is 9.18 Å². The number of esters is 1. The molecule has 0 N–H and O–H groups in total. The number of alkyl halides is 1. The maximum absolute atomic E-state index is 13.7. The van der Waals surface area contributed by atoms with Gasteiger partial charge in [0.2, 0.25) is 0 Å². The molecule has 1 saturated carbocycles. The molecule has 0 bridgehead atoms. The van der Waals surface area contributed by atoms with Gasteiger partial charge >= 0.3 is 5.97 Å². The quantitative estimate of drug-likeness (QED) is 0.611. The number of carbonyl (C=O) groups is 1. The van der Waals surface area contributed by atoms with E-state index in [0.717, 1.165) is 0 Å². The predicted octanol–water partition coefficient (Wildman–Crippen LogP) is 2.57. The van der Waals surface area contributed by atoms with Crippen molar-refractivity contribution in [3.05, 3.63) is 0 Å². The summed E-state index contributed by atoms with van der Waals surface area (Å²) in [6, 6.07) is 0. The average molecular weight is 202 g/mol. The first-order valence-corrected chi connectivity index (χ1v) is 5.24. The highest BCUT2D eigenvalue weighted by atomic mass is 19.1. The molecular formula is C11H19FO2. The molecule has 1 aliphatic rings. The van der Waals surface area contributed by atoms with E-state index in [1.54, 1.807) is 0 Å². The number of ether oxygens (including phenoxy) is 1. The summed E-state index contributed by atoms with van der Waals surface area (Å²) in [5, 5.41) is 0. The summed E-state index contributed by atoms with van der Waals surface area (Å²) < 4.78 is 18.7. The van der Waals surface area contributed by atoms with Crippen LogP contribution in [0, 0.1) is 17.8 Å². The van der Waals surface area contributed by atoms with E-state index >= 15 is 0 Å². The normalized spacial score (nSPS) is 43.4. The number of rotatable bonds is 1. The second-order valence-electron chi connectivity index (χ2n) is 4.52. The topological polar surface area (TPSA) is 26.3 Å². The largest absolute Gasteiger partial charge is 0.459 e. The first kappa shape index (κ1) is 11.5. The van der Waals surface area contributed by atoms with E-state index in [2.05, 4.69) is 13.8 Å². The molecular weight excluding hydrogens is 183 g/mol. The van der Waals surface area contributed by atoms with Crippen LogP contribution in [0.1, 0.15) is 34.1 Å². The molecule has 1 rings (SSSR count). The lowest BCUT2D eigenvalue weighted by Gasteiger charge is -2.39. The van der Waals surface area contributed by atoms with Gasteiger partial charge in [-0.25, -0.2) is 4.39 Å². The summed E-state index contributed by atoms with van der Waals surface area (Å²) in [6.45, 7) is 7.37. The Labute approximate surface area is 84.8 Å². The molecule has 0 aromatic heterocycles. The summed E-state index contributed by atoms with van der Waals surface area (Å²) >= 11 is 0. The summed E-state index contributed by atoms with van der Waals surface area (Å²) in [5.74, 6) is 0.368. The number of carbonyl (C=O) groups excluding carboxylic acids is 1. The summed E-state index contributed by atoms with van der Waals surface area (Å²) in [6.07, 6.45) is -0.898. The summed E-state index contributed by atoms with van der Waals surface area (Å²) in [4.78, 5) is 10.8. The monoisotopic (exact) mass is 202 g/mol. The fraction of sp³-hybridized carbons (Fsp3) is 0.909. The molecule has 5 atom stereocenters. The minimum absolute atomic E-state index is 0.0249. The van der Waals surface area contributed by atoms with Gasteiger partial charge in [0.25, 0.3) is 0 Å². The maximum atomic E-state index is 13.7. The van der Waals surface area contributed by atoms with E-state index in [4.69, 9.17) is 4.74 Å². The molecule has 82 valence electrons. The van der Waals surface area contributed by atoms with Gasteiger partial charge in [-0.1, -0.05) is 20.8 Å². The van der Waals surface area contributed by atoms with Gasteiger partial charge in [0.05, 0.1) is 0 Å². The second-order valence-corrected chi connectivity index (χ2v) is 4.52. The Morgan fingerprint density at radius 3 is 2.36 bits per heavy atom. The molecule has 0 aliphatic heterocycles. The summed E-state index contributed by atoms with van der Waals surface area (Å²) in [5.41, 5.74) is 0. The third-order valence-corrected chi connectivity index (χ3v) is 3.51. The van der Waals surface area contributed by atoms with Crippen molar-refractivity contribution < 1.29 is 13.9 Å². The molecule has 0 heterocycles. The van der Waals surface area contributed by atoms with Crippen molar-refractivity contribution in [1.29, 1.82) is 0 Å². The molecule has 0 spiro atoms. The van der Waals surface area contributed by atoms with Crippen molar-refractivity contribution in [3.63, 3.8) is 0 Å². The fourth-order valence-corrected chi connectivity index (χ4v) is 2.18. The van der Waals surface area contributed by atoms with Crippen molar-refractivity contribution in [2.75, 3.05) is 0 Å². The number of halogens is 1. The highest BCUT2D eigenvalue weighted by Gasteiger charge is 2.40. The maximum Gasteiger partial charge on any atom is 0.303 e. The zero-order chi connectivity index (χ0) is 10.9. The smallest absolute Gasteiger partial charge is 0.303 e. The van der Waals surface area contributed by atoms with Crippen molar-refractivity contribution in [2.24, 2.45) is 17.8 Å². The van der Waals surface area contributed by atoms with Crippen molar-refractivity contribution in [1.82, 2.24) is 0 Å². The van der Waals surface area contributed by atoms with Gasteiger partial charge < -0.3 is 4.74 Å². The van der Waals surface area contributed by atoms with Gasteiger partial charge in [-0.05, 0) is 24.2 Å². The lowest BCUT2D eigenvalue weighted by Crippen LogP contribution is -2.43. The lowest BCUT2D eigenvalue weighted by atomic mass is 9.72. The van der Waals surface area contributed by atoms with Crippen LogP contribution in [0.25, 0.3) is 0 Å². The summed E-state index contributed by atoms with van der Waals surface area (Å²) in [7, 11) is 0. The lowest BCUT2D eigenvalue weighted by molar-refractivity contribution is -0.156. The third-order valence-electron chi connectivity index (χ3n) is 3.51. The first-order chi connectivity index (χ1) is 6.43. The molecule has 0 aromatic carbocycles. The van der Waals surface area contributed by atoms with Crippen LogP contribution in [-0.2, 0) is 9.53 Å². The van der Waals surface area contributed by atoms with Crippen molar-refractivity contribution in [3.8, 4) is 0 Å². The first-order valence-electron chi connectivity index (χ1n) is 5.24. The fourth-order valence-electron chi connectivity index (χ4n) is 2.18. The molecule has 14 heavy (non-hydrogen) atoms. The SMILES string of the molecule is CC(=O)O[C@H]1CC(C)[C@@H](C)[C@@H](C)[C@@H]1F. The highest BCUT2D eigenvalue weighted by Crippen LogP contribution is 2.37. The Morgan fingerprint density at radius 1 is 1.29 bits per heavy atom. The van der Waals surface area contributed by atoms with Crippen LogP contribution in [0.15, 0.2) is 0 Å². The Morgan fingerprint density at radius 2 is 1.86 bits per heavy atom. The van der Waals surface area contributed by atoms with Gasteiger partial charge in [-0.15, -0.1) is 0 Å². The van der Waals surface area contributed by atoms with Crippen LogP contribution >= 0.6 is 0 Å². The van der Waals surface area contributed by atoms with Crippen LogP contribution in [0.2, 0.25) is 0 Å². The van der Waals surface area contributed by atoms with E-state index in [1.165, 1.54) is 6.92 Å². The van der Waals surface area contributed by atoms with Crippen LogP contribution in [0.4, 0.5) is 4.39 Å². The Hall–Kier alpha value is -0.600. The molecule has 1 fully saturated rings. The van der Waals surface area contributed by atoms with E-state index in [-0.39, 0.29) is 11.9 Å². The number of hydrogen-bond acceptors (Lipinski definition) is 2. The van der Waals surface area contributed by atoms with Crippen molar-refractivity contribution in [2.45, 2.75) is 46.4 Å². The highest BCUT2D eigenvalue weighted by molar-refractivity contribution is 5.66. The van der Waals surface area contributed by atoms with Crippen LogP contribution in [0.3, 0.4) is 0 Å². The molecule has 1 unspecified atom stereocenters. The Kier molecular flexibility index (Phi) is 3.51. The molecule has 1 aliphatic carbocycles. The van der Waals surface area contributed by atoms with Crippen LogP contribution < -0.4 is 0 Å². The molecule has 3 heteroatoms. The van der Waals surface area contributed by atoms with Gasteiger partial charge in [-0.2, -0.15) is 0 Å². The average Bonchev–Trinajstić information content (AvgIpc) is 2.10. The van der Waals surface area contributed by atoms with E-state index < -0.39 is 12.3 Å². The standard InChI is InChI=1S/C11H19FO2/c1-6-5-10(14-9(4)13)11(12)8(3)7(6)2/h6-8,10-11H,5H2,1-4H3/t6?,7-,8-,10+,11+/m1/s1. The van der Waals surface area contributed by atoms with Crippen LogP contribution in [-0.4, -0.2) is 18.2 Å². The minimum Gasteiger partial charge on any atom is -0.459 e. The Balaban J connectivity index is 2.65. The van der Waals surface area contributed by atoms with Gasteiger partial charge in [0, 0.05) is 6.92 Å². The zero-order valence-corrected chi connectivity index (χ0v) is 9.29. The van der Waals surface area contributed by atoms with Gasteiger partial charge in [0.1, 0.15) is 12.3 Å². The zero-order valence-electron chi connectivity index (χ0n) is 9.29. The van der Waals surface area contributed by atoms with Crippen molar-refractivity contribution >= 4 is 5.97 Å². The minimum atomic E-state index is -1.01. The van der Waals surface area contributed by atoms with Crippen LogP contribution in [0.5, 0.6) is 0 Å². The molecule has 0 amide bonds. The van der Waals surface area contributed by atoms with E-state index in [0.29, 0.717) is 18.3 Å². The third kappa shape index (κ3) is 2.25. The molecule has 0 saturated heterocycles. The second kappa shape index (κ2) is 4.28. The molecule has 2 nitrogen and oxygen atoms in total. The van der Waals surface area contributed by atoms with E-state index in [1.807, 2.05) is 6.92 Å². The molecule has 0 radical (unpaired) electrons. The molecule has 0 aromatic rings. The van der Waals surface area contributed by atoms with Gasteiger partial charge in [-0.3, -0.25) is 4.79 Å². The van der Waals surface area contributed by atoms with Gasteiger partial charge in [0.15, 0.2) is 0 Å². The predicted molar refractivity (Wildman–Crippen MR) is 52.6 cm³/mol. The Bertz CT molecular complexity index is 217. The number of hydrogen-bond donors (Lipinski definition) is 0.